The van der Waals surface area contributed by atoms with Gasteiger partial charge in [0.25, 0.3) is 10.0 Å². The third-order valence-corrected chi connectivity index (χ3v) is 6.65. The van der Waals surface area contributed by atoms with E-state index in [1.54, 1.807) is 21.7 Å². The van der Waals surface area contributed by atoms with Crippen molar-refractivity contribution < 1.29 is 18.3 Å². The van der Waals surface area contributed by atoms with Gasteiger partial charge in [0.15, 0.2) is 0 Å². The topological polar surface area (TPSA) is 101 Å². The average molecular weight is 392 g/mol. The first-order valence-corrected chi connectivity index (χ1v) is 9.86. The number of thiophene rings is 1. The van der Waals surface area contributed by atoms with Crippen molar-refractivity contribution in [2.45, 2.75) is 37.4 Å². The highest BCUT2D eigenvalue weighted by Crippen LogP contribution is 2.35. The fourth-order valence-corrected chi connectivity index (χ4v) is 5.26. The number of carboxylic acid groups (broad SMARTS) is 1. The van der Waals surface area contributed by atoms with Gasteiger partial charge in [0.1, 0.15) is 4.21 Å². The van der Waals surface area contributed by atoms with E-state index in [0.29, 0.717) is 17.6 Å². The Morgan fingerprint density at radius 2 is 2.12 bits per heavy atom. The molecule has 10 heteroatoms. The van der Waals surface area contributed by atoms with E-state index in [-0.39, 0.29) is 10.3 Å². The number of amides is 1. The van der Waals surface area contributed by atoms with Crippen LogP contribution in [0.3, 0.4) is 0 Å². The lowest BCUT2D eigenvalue weighted by Crippen LogP contribution is -2.28. The van der Waals surface area contributed by atoms with Crippen LogP contribution in [-0.4, -0.2) is 29.2 Å². The van der Waals surface area contributed by atoms with Gasteiger partial charge in [-0.2, -0.15) is 0 Å². The van der Waals surface area contributed by atoms with Crippen LogP contribution in [0.15, 0.2) is 22.7 Å². The Morgan fingerprint density at radius 1 is 1.46 bits per heavy atom. The molecule has 2 aromatic heterocycles. The lowest BCUT2D eigenvalue weighted by Gasteiger charge is -2.16. The first kappa shape index (κ1) is 18.8. The summed E-state index contributed by atoms with van der Waals surface area (Å²) in [5, 5.41) is 9.02. The molecule has 0 aliphatic rings. The summed E-state index contributed by atoms with van der Waals surface area (Å²) in [7, 11) is -4.10. The zero-order valence-corrected chi connectivity index (χ0v) is 15.7. The summed E-state index contributed by atoms with van der Waals surface area (Å²) < 4.78 is 27.6. The van der Waals surface area contributed by atoms with Crippen LogP contribution in [0.5, 0.6) is 0 Å². The van der Waals surface area contributed by atoms with Gasteiger partial charge in [-0.15, -0.1) is 11.3 Å². The van der Waals surface area contributed by atoms with Gasteiger partial charge in [0, 0.05) is 17.3 Å². The molecule has 2 heterocycles. The number of nitrogens with one attached hydrogen (secondary N) is 1. The van der Waals surface area contributed by atoms with E-state index in [9.17, 15) is 13.2 Å². The molecule has 1 amide bonds. The second kappa shape index (κ2) is 7.12. The monoisotopic (exact) mass is 391 g/mol. The second-order valence-corrected chi connectivity index (χ2v) is 9.12. The average Bonchev–Trinajstić information content (AvgIpc) is 3.03. The van der Waals surface area contributed by atoms with Gasteiger partial charge in [-0.1, -0.05) is 13.8 Å². The van der Waals surface area contributed by atoms with Crippen LogP contribution in [0.1, 0.15) is 37.3 Å². The highest BCUT2D eigenvalue weighted by Gasteiger charge is 2.25. The fraction of sp³-hybridized carbons (Fsp3) is 0.429. The predicted molar refractivity (Wildman–Crippen MR) is 92.3 cm³/mol. The molecular weight excluding hydrogens is 374 g/mol. The Labute approximate surface area is 149 Å². The second-order valence-electron chi connectivity index (χ2n) is 5.73. The smallest absolute Gasteiger partial charge is 0.418 e. The lowest BCUT2D eigenvalue weighted by atomic mass is 10.0. The number of nitrogens with zero attached hydrogens (tertiary/aromatic N) is 2. The summed E-state index contributed by atoms with van der Waals surface area (Å²) in [4.78, 5) is 15.6. The van der Waals surface area contributed by atoms with E-state index in [0.717, 1.165) is 21.8 Å². The Balaban J connectivity index is 2.50. The first-order valence-electron chi connectivity index (χ1n) is 7.18. The molecule has 132 valence electrons. The lowest BCUT2D eigenvalue weighted by molar-refractivity contribution is 0.201. The van der Waals surface area contributed by atoms with E-state index in [2.05, 4.69) is 4.98 Å². The standard InChI is InChI=1S/C14H18ClN3O4S2/c1-8(2)6-11-10(9(3)18-5-4-16-13(18)15)7-12(23-11)24(21,22)17-14(19)20/h4-5,7-9,17H,6H2,1-3H3,(H,19,20). The van der Waals surface area contributed by atoms with Crippen molar-refractivity contribution in [1.82, 2.24) is 14.3 Å². The maximum absolute atomic E-state index is 12.1. The van der Waals surface area contributed by atoms with E-state index in [4.69, 9.17) is 16.7 Å². The first-order chi connectivity index (χ1) is 11.1. The van der Waals surface area contributed by atoms with Crippen molar-refractivity contribution in [2.24, 2.45) is 5.92 Å². The van der Waals surface area contributed by atoms with Crippen LogP contribution < -0.4 is 4.72 Å². The normalized spacial score (nSPS) is 13.2. The third-order valence-electron chi connectivity index (χ3n) is 3.39. The van der Waals surface area contributed by atoms with Gasteiger partial charge in [-0.3, -0.25) is 0 Å². The number of hydrogen-bond acceptors (Lipinski definition) is 5. The molecule has 1 unspecified atom stereocenters. The molecule has 0 bridgehead atoms. The van der Waals surface area contributed by atoms with Gasteiger partial charge in [-0.05, 0) is 42.5 Å². The van der Waals surface area contributed by atoms with Gasteiger partial charge in [0.05, 0.1) is 6.04 Å². The SMILES string of the molecule is CC(C)Cc1sc(S(=O)(=O)NC(=O)O)cc1C(C)n1ccnc1Cl. The van der Waals surface area contributed by atoms with Crippen LogP contribution in [0.4, 0.5) is 4.79 Å². The number of rotatable bonds is 6. The molecule has 7 nitrogen and oxygen atoms in total. The van der Waals surface area contributed by atoms with Gasteiger partial charge >= 0.3 is 6.09 Å². The molecule has 0 saturated carbocycles. The molecule has 0 radical (unpaired) electrons. The molecule has 1 atom stereocenters. The molecule has 2 rings (SSSR count). The molecule has 0 aromatic carbocycles. The maximum Gasteiger partial charge on any atom is 0.418 e. The van der Waals surface area contributed by atoms with Crippen molar-refractivity contribution >= 4 is 39.1 Å². The Bertz CT molecular complexity index is 842. The van der Waals surface area contributed by atoms with Crippen molar-refractivity contribution in [3.8, 4) is 0 Å². The molecule has 2 N–H and O–H groups in total. The van der Waals surface area contributed by atoms with Crippen molar-refractivity contribution in [1.29, 1.82) is 0 Å². The van der Waals surface area contributed by atoms with Gasteiger partial charge < -0.3 is 9.67 Å². The number of carbonyl (C=O) groups is 1. The molecular formula is C14H18ClN3O4S2. The summed E-state index contributed by atoms with van der Waals surface area (Å²) in [5.74, 6) is 0.316. The van der Waals surface area contributed by atoms with Crippen LogP contribution in [0.25, 0.3) is 0 Å². The molecule has 0 saturated heterocycles. The predicted octanol–water partition coefficient (Wildman–Crippen LogP) is 3.36. The van der Waals surface area contributed by atoms with E-state index < -0.39 is 16.1 Å². The fourth-order valence-electron chi connectivity index (χ4n) is 2.33. The number of halogens is 1. The summed E-state index contributed by atoms with van der Waals surface area (Å²) in [6, 6.07) is 1.29. The van der Waals surface area contributed by atoms with Crippen LogP contribution in [0.2, 0.25) is 5.28 Å². The maximum atomic E-state index is 12.1. The molecule has 0 spiro atoms. The molecule has 0 aliphatic heterocycles. The summed E-state index contributed by atoms with van der Waals surface area (Å²) in [6.45, 7) is 5.95. The third kappa shape index (κ3) is 4.08. The highest BCUT2D eigenvalue weighted by molar-refractivity contribution is 7.92. The van der Waals surface area contributed by atoms with Crippen LogP contribution in [-0.2, 0) is 16.4 Å². The summed E-state index contributed by atoms with van der Waals surface area (Å²) in [5.41, 5.74) is 0.791. The van der Waals surface area contributed by atoms with E-state index in [1.165, 1.54) is 6.07 Å². The number of imidazole rings is 1. The molecule has 0 aliphatic carbocycles. The van der Waals surface area contributed by atoms with E-state index in [1.807, 2.05) is 20.8 Å². The number of aromatic nitrogens is 2. The van der Waals surface area contributed by atoms with E-state index >= 15 is 0 Å². The minimum atomic E-state index is -4.10. The molecule has 0 fully saturated rings. The zero-order chi connectivity index (χ0) is 18.1. The summed E-state index contributed by atoms with van der Waals surface area (Å²) >= 11 is 7.13. The minimum Gasteiger partial charge on any atom is -0.464 e. The molecule has 24 heavy (non-hydrogen) atoms. The zero-order valence-electron chi connectivity index (χ0n) is 13.4. The Morgan fingerprint density at radius 3 is 2.62 bits per heavy atom. The van der Waals surface area contributed by atoms with Crippen molar-refractivity contribution in [2.75, 3.05) is 0 Å². The summed E-state index contributed by atoms with van der Waals surface area (Å²) in [6.07, 6.45) is 2.35. The van der Waals surface area contributed by atoms with Crippen LogP contribution >= 0.6 is 22.9 Å². The Hall–Kier alpha value is -1.58. The van der Waals surface area contributed by atoms with Crippen LogP contribution in [0, 0.1) is 5.92 Å². The highest BCUT2D eigenvalue weighted by atomic mass is 35.5. The van der Waals surface area contributed by atoms with Gasteiger partial charge in [0.2, 0.25) is 5.28 Å². The van der Waals surface area contributed by atoms with Crippen molar-refractivity contribution in [3.05, 3.63) is 34.2 Å². The quantitative estimate of drug-likeness (QED) is 0.786. The Kier molecular flexibility index (Phi) is 5.56. The van der Waals surface area contributed by atoms with Crippen molar-refractivity contribution in [3.63, 3.8) is 0 Å². The number of hydrogen-bond donors (Lipinski definition) is 2. The number of sulfonamides is 1. The minimum absolute atomic E-state index is 0.0290. The largest absolute Gasteiger partial charge is 0.464 e. The van der Waals surface area contributed by atoms with Gasteiger partial charge in [-0.25, -0.2) is 22.9 Å². The molecule has 2 aromatic rings.